The molecule has 0 saturated heterocycles. The molecule has 2 N–H and O–H groups in total. The second-order valence-electron chi connectivity index (χ2n) is 4.82. The summed E-state index contributed by atoms with van der Waals surface area (Å²) in [6, 6.07) is 3.02. The van der Waals surface area contributed by atoms with Crippen LogP contribution in [0.15, 0.2) is 16.9 Å². The standard InChI is InChI=1S/C13H19N3O2/c17-12-9-8-11(15-16-12)13(18)14-10-6-4-2-1-3-5-7-10/h8-10H,1-7H2,(H,14,18)(H,16,17). The van der Waals surface area contributed by atoms with Crippen LogP contribution in [0.5, 0.6) is 0 Å². The molecule has 0 bridgehead atoms. The molecule has 98 valence electrons. The third-order valence-corrected chi connectivity index (χ3v) is 3.35. The van der Waals surface area contributed by atoms with Gasteiger partial charge in [-0.15, -0.1) is 0 Å². The van der Waals surface area contributed by atoms with Crippen molar-refractivity contribution in [3.05, 3.63) is 28.2 Å². The summed E-state index contributed by atoms with van der Waals surface area (Å²) in [7, 11) is 0. The minimum Gasteiger partial charge on any atom is -0.348 e. The molecule has 1 aliphatic rings. The van der Waals surface area contributed by atoms with Crippen molar-refractivity contribution in [2.24, 2.45) is 0 Å². The minimum absolute atomic E-state index is 0.197. The second-order valence-corrected chi connectivity index (χ2v) is 4.82. The highest BCUT2D eigenvalue weighted by molar-refractivity contribution is 5.92. The summed E-state index contributed by atoms with van der Waals surface area (Å²) in [6.45, 7) is 0. The molecule has 0 radical (unpaired) electrons. The predicted octanol–water partition coefficient (Wildman–Crippen LogP) is 1.61. The summed E-state index contributed by atoms with van der Waals surface area (Å²) in [4.78, 5) is 22.8. The van der Waals surface area contributed by atoms with Gasteiger partial charge in [-0.05, 0) is 18.9 Å². The minimum atomic E-state index is -0.294. The smallest absolute Gasteiger partial charge is 0.271 e. The molecule has 1 amide bonds. The molecule has 5 nitrogen and oxygen atoms in total. The average Bonchev–Trinajstić information content (AvgIpc) is 2.33. The van der Waals surface area contributed by atoms with Crippen LogP contribution in [0.4, 0.5) is 0 Å². The van der Waals surface area contributed by atoms with Crippen LogP contribution in [0.25, 0.3) is 0 Å². The van der Waals surface area contributed by atoms with Gasteiger partial charge in [-0.25, -0.2) is 5.10 Å². The largest absolute Gasteiger partial charge is 0.348 e. The molecule has 2 rings (SSSR count). The van der Waals surface area contributed by atoms with E-state index in [9.17, 15) is 9.59 Å². The lowest BCUT2D eigenvalue weighted by atomic mass is 9.96. The van der Waals surface area contributed by atoms with Gasteiger partial charge < -0.3 is 5.32 Å². The van der Waals surface area contributed by atoms with Crippen molar-refractivity contribution in [3.8, 4) is 0 Å². The average molecular weight is 249 g/mol. The summed E-state index contributed by atoms with van der Waals surface area (Å²) >= 11 is 0. The van der Waals surface area contributed by atoms with Gasteiger partial charge in [0.05, 0.1) is 0 Å². The van der Waals surface area contributed by atoms with E-state index in [4.69, 9.17) is 0 Å². The van der Waals surface area contributed by atoms with Crippen molar-refractivity contribution in [2.45, 2.75) is 51.0 Å². The number of aromatic amines is 1. The van der Waals surface area contributed by atoms with E-state index in [2.05, 4.69) is 15.5 Å². The lowest BCUT2D eigenvalue weighted by molar-refractivity contribution is 0.0924. The fourth-order valence-corrected chi connectivity index (χ4v) is 2.33. The molecule has 1 aromatic rings. The van der Waals surface area contributed by atoms with Crippen molar-refractivity contribution in [2.75, 3.05) is 0 Å². The number of carbonyl (C=O) groups excluding carboxylic acids is 1. The highest BCUT2D eigenvalue weighted by atomic mass is 16.2. The van der Waals surface area contributed by atoms with Gasteiger partial charge >= 0.3 is 0 Å². The van der Waals surface area contributed by atoms with Crippen molar-refractivity contribution in [3.63, 3.8) is 0 Å². The molecule has 18 heavy (non-hydrogen) atoms. The van der Waals surface area contributed by atoms with E-state index in [1.54, 1.807) is 0 Å². The maximum atomic E-state index is 11.9. The zero-order valence-electron chi connectivity index (χ0n) is 10.4. The number of rotatable bonds is 2. The lowest BCUT2D eigenvalue weighted by Gasteiger charge is -2.20. The zero-order valence-corrected chi connectivity index (χ0v) is 10.4. The van der Waals surface area contributed by atoms with Gasteiger partial charge in [0.2, 0.25) is 0 Å². The van der Waals surface area contributed by atoms with Gasteiger partial charge in [0.25, 0.3) is 11.5 Å². The first kappa shape index (κ1) is 12.8. The quantitative estimate of drug-likeness (QED) is 0.836. The Morgan fingerprint density at radius 1 is 1.17 bits per heavy atom. The first-order valence-corrected chi connectivity index (χ1v) is 6.62. The van der Waals surface area contributed by atoms with E-state index in [-0.39, 0.29) is 23.2 Å². The van der Waals surface area contributed by atoms with Crippen molar-refractivity contribution in [1.82, 2.24) is 15.5 Å². The predicted molar refractivity (Wildman–Crippen MR) is 68.4 cm³/mol. The molecule has 1 aliphatic carbocycles. The number of H-pyrrole nitrogens is 1. The normalized spacial score (nSPS) is 17.8. The monoisotopic (exact) mass is 249 g/mol. The fourth-order valence-electron chi connectivity index (χ4n) is 2.33. The molecule has 1 saturated carbocycles. The van der Waals surface area contributed by atoms with Crippen LogP contribution in [0.1, 0.15) is 55.4 Å². The van der Waals surface area contributed by atoms with Crippen LogP contribution >= 0.6 is 0 Å². The number of hydrogen-bond acceptors (Lipinski definition) is 3. The molecule has 1 fully saturated rings. The Morgan fingerprint density at radius 2 is 1.83 bits per heavy atom. The molecule has 0 aliphatic heterocycles. The van der Waals surface area contributed by atoms with Crippen LogP contribution in [0.2, 0.25) is 0 Å². The summed E-state index contributed by atoms with van der Waals surface area (Å²) in [5.74, 6) is -0.197. The molecule has 1 heterocycles. The van der Waals surface area contributed by atoms with E-state index in [0.29, 0.717) is 0 Å². The Bertz CT molecular complexity index is 427. The van der Waals surface area contributed by atoms with Crippen LogP contribution in [-0.4, -0.2) is 22.1 Å². The number of carbonyl (C=O) groups is 1. The molecule has 0 unspecified atom stereocenters. The molecule has 1 aromatic heterocycles. The number of amides is 1. The van der Waals surface area contributed by atoms with Crippen LogP contribution in [0.3, 0.4) is 0 Å². The topological polar surface area (TPSA) is 74.8 Å². The molecule has 0 atom stereocenters. The van der Waals surface area contributed by atoms with Crippen LogP contribution in [0, 0.1) is 0 Å². The van der Waals surface area contributed by atoms with Gasteiger partial charge in [0.1, 0.15) is 5.69 Å². The van der Waals surface area contributed by atoms with Crippen molar-refractivity contribution < 1.29 is 4.79 Å². The van der Waals surface area contributed by atoms with E-state index >= 15 is 0 Å². The zero-order chi connectivity index (χ0) is 12.8. The lowest BCUT2D eigenvalue weighted by Crippen LogP contribution is -2.36. The molecule has 5 heteroatoms. The van der Waals surface area contributed by atoms with E-state index in [1.807, 2.05) is 0 Å². The molecule has 0 spiro atoms. The molecular formula is C13H19N3O2. The maximum absolute atomic E-state index is 11.9. The Hall–Kier alpha value is -1.65. The summed E-state index contributed by atoms with van der Waals surface area (Å²) in [6.07, 6.45) is 8.23. The SMILES string of the molecule is O=C(NC1CCCCCCC1)c1ccc(=O)[nH]n1. The number of hydrogen-bond donors (Lipinski definition) is 2. The van der Waals surface area contributed by atoms with Crippen molar-refractivity contribution in [1.29, 1.82) is 0 Å². The van der Waals surface area contributed by atoms with Crippen LogP contribution < -0.4 is 10.9 Å². The van der Waals surface area contributed by atoms with E-state index in [0.717, 1.165) is 12.8 Å². The third kappa shape index (κ3) is 3.68. The first-order valence-electron chi connectivity index (χ1n) is 6.62. The van der Waals surface area contributed by atoms with Crippen LogP contribution in [-0.2, 0) is 0 Å². The van der Waals surface area contributed by atoms with Gasteiger partial charge in [0.15, 0.2) is 0 Å². The summed E-state index contributed by atoms with van der Waals surface area (Å²) in [5.41, 5.74) is -0.0193. The van der Waals surface area contributed by atoms with Gasteiger partial charge in [-0.3, -0.25) is 9.59 Å². The third-order valence-electron chi connectivity index (χ3n) is 3.35. The van der Waals surface area contributed by atoms with E-state index in [1.165, 1.54) is 44.2 Å². The summed E-state index contributed by atoms with van der Waals surface area (Å²) < 4.78 is 0. The highest BCUT2D eigenvalue weighted by Crippen LogP contribution is 2.17. The second kappa shape index (κ2) is 6.33. The molecular weight excluding hydrogens is 230 g/mol. The Labute approximate surface area is 106 Å². The summed E-state index contributed by atoms with van der Waals surface area (Å²) in [5, 5.41) is 9.01. The Balaban J connectivity index is 1.93. The first-order chi connectivity index (χ1) is 8.75. The highest BCUT2D eigenvalue weighted by Gasteiger charge is 2.15. The molecule has 0 aromatic carbocycles. The van der Waals surface area contributed by atoms with Gasteiger partial charge in [-0.1, -0.05) is 32.1 Å². The fraction of sp³-hybridized carbons (Fsp3) is 0.615. The Kier molecular flexibility index (Phi) is 4.50. The maximum Gasteiger partial charge on any atom is 0.271 e. The van der Waals surface area contributed by atoms with Crippen molar-refractivity contribution >= 4 is 5.91 Å². The number of aromatic nitrogens is 2. The number of nitrogens with one attached hydrogen (secondary N) is 2. The van der Waals surface area contributed by atoms with Gasteiger partial charge in [0, 0.05) is 12.1 Å². The van der Waals surface area contributed by atoms with E-state index < -0.39 is 0 Å². The number of nitrogens with zero attached hydrogens (tertiary/aromatic N) is 1. The Morgan fingerprint density at radius 3 is 2.44 bits per heavy atom. The van der Waals surface area contributed by atoms with Gasteiger partial charge in [-0.2, -0.15) is 5.10 Å².